The van der Waals surface area contributed by atoms with Crippen LogP contribution in [-0.4, -0.2) is 35.1 Å². The summed E-state index contributed by atoms with van der Waals surface area (Å²) in [4.78, 5) is 17.4. The Kier molecular flexibility index (Phi) is 5.28. The van der Waals surface area contributed by atoms with Gasteiger partial charge >= 0.3 is 5.97 Å². The van der Waals surface area contributed by atoms with E-state index in [1.54, 1.807) is 30.4 Å². The molecule has 0 aliphatic carbocycles. The van der Waals surface area contributed by atoms with Crippen LogP contribution in [0.15, 0.2) is 36.7 Å². The van der Waals surface area contributed by atoms with Crippen molar-refractivity contribution >= 4 is 5.97 Å². The van der Waals surface area contributed by atoms with Crippen LogP contribution in [0.4, 0.5) is 4.39 Å². The van der Waals surface area contributed by atoms with Crippen molar-refractivity contribution in [3.05, 3.63) is 59.2 Å². The average molecular weight is 318 g/mol. The van der Waals surface area contributed by atoms with E-state index in [-0.39, 0.29) is 5.75 Å². The van der Waals surface area contributed by atoms with E-state index in [0.717, 1.165) is 11.1 Å². The lowest BCUT2D eigenvalue weighted by molar-refractivity contribution is -0.143. The maximum Gasteiger partial charge on any atom is 0.325 e. The topological polar surface area (TPSA) is 62.7 Å². The molecule has 122 valence electrons. The van der Waals surface area contributed by atoms with Crippen molar-refractivity contribution in [3.63, 3.8) is 0 Å². The molecule has 0 amide bonds. The number of rotatable bonds is 6. The number of carbonyl (C=O) groups is 1. The lowest BCUT2D eigenvalue weighted by Gasteiger charge is -2.25. The summed E-state index contributed by atoms with van der Waals surface area (Å²) in [6.45, 7) is 2.33. The summed E-state index contributed by atoms with van der Waals surface area (Å²) in [5.74, 6) is -1.53. The van der Waals surface area contributed by atoms with E-state index in [1.807, 2.05) is 13.0 Å². The maximum atomic E-state index is 13.9. The van der Waals surface area contributed by atoms with Gasteiger partial charge in [0, 0.05) is 18.9 Å². The SMILES string of the molecule is COc1ccc([C@H](C(=O)O)N(C)Cc2ccncc2C)cc1F. The first-order valence-electron chi connectivity index (χ1n) is 7.10. The summed E-state index contributed by atoms with van der Waals surface area (Å²) in [7, 11) is 3.06. The van der Waals surface area contributed by atoms with Crippen molar-refractivity contribution in [3.8, 4) is 5.75 Å². The van der Waals surface area contributed by atoms with Crippen LogP contribution in [0.1, 0.15) is 22.7 Å². The molecule has 0 fully saturated rings. The molecule has 1 heterocycles. The third-order valence-electron chi connectivity index (χ3n) is 3.72. The van der Waals surface area contributed by atoms with Crippen molar-refractivity contribution in [2.24, 2.45) is 0 Å². The van der Waals surface area contributed by atoms with Gasteiger partial charge in [0.2, 0.25) is 0 Å². The highest BCUT2D eigenvalue weighted by molar-refractivity contribution is 5.75. The highest BCUT2D eigenvalue weighted by atomic mass is 19.1. The normalized spacial score (nSPS) is 12.2. The number of benzene rings is 1. The molecule has 0 spiro atoms. The zero-order valence-electron chi connectivity index (χ0n) is 13.3. The Hall–Kier alpha value is -2.47. The Bertz CT molecular complexity index is 706. The standard InChI is InChI=1S/C17H19FN2O3/c1-11-9-19-7-6-13(11)10-20(2)16(17(21)22)12-4-5-15(23-3)14(18)8-12/h4-9,16H,10H2,1-3H3,(H,21,22)/t16-/m1/s1. The van der Waals surface area contributed by atoms with Gasteiger partial charge in [0.1, 0.15) is 6.04 Å². The molecule has 0 unspecified atom stereocenters. The van der Waals surface area contributed by atoms with Gasteiger partial charge in [-0.1, -0.05) is 6.07 Å². The molecule has 2 aromatic rings. The Labute approximate surface area is 134 Å². The Balaban J connectivity index is 2.29. The number of carboxylic acid groups (broad SMARTS) is 1. The van der Waals surface area contributed by atoms with Gasteiger partial charge in [0.15, 0.2) is 11.6 Å². The van der Waals surface area contributed by atoms with Crippen LogP contribution in [0.25, 0.3) is 0 Å². The summed E-state index contributed by atoms with van der Waals surface area (Å²) in [6, 6.07) is 5.10. The number of hydrogen-bond acceptors (Lipinski definition) is 4. The van der Waals surface area contributed by atoms with Crippen molar-refractivity contribution in [1.29, 1.82) is 0 Å². The van der Waals surface area contributed by atoms with Crippen molar-refractivity contribution in [2.45, 2.75) is 19.5 Å². The molecule has 0 radical (unpaired) electrons. The molecule has 6 heteroatoms. The van der Waals surface area contributed by atoms with Crippen LogP contribution in [0.2, 0.25) is 0 Å². The second-order valence-electron chi connectivity index (χ2n) is 5.35. The summed E-state index contributed by atoms with van der Waals surface area (Å²) in [6.07, 6.45) is 3.39. The monoisotopic (exact) mass is 318 g/mol. The molecule has 0 aliphatic rings. The van der Waals surface area contributed by atoms with Gasteiger partial charge in [-0.25, -0.2) is 4.39 Å². The second-order valence-corrected chi connectivity index (χ2v) is 5.35. The molecule has 2 rings (SSSR count). The zero-order chi connectivity index (χ0) is 17.0. The predicted molar refractivity (Wildman–Crippen MR) is 83.8 cm³/mol. The molecular weight excluding hydrogens is 299 g/mol. The third-order valence-corrected chi connectivity index (χ3v) is 3.72. The highest BCUT2D eigenvalue weighted by Crippen LogP contribution is 2.26. The molecule has 1 aromatic carbocycles. The summed E-state index contributed by atoms with van der Waals surface area (Å²) >= 11 is 0. The van der Waals surface area contributed by atoms with Crippen LogP contribution in [0.5, 0.6) is 5.75 Å². The van der Waals surface area contributed by atoms with Gasteiger partial charge in [0.05, 0.1) is 7.11 Å². The number of carboxylic acids is 1. The fourth-order valence-corrected chi connectivity index (χ4v) is 2.48. The van der Waals surface area contributed by atoms with Crippen LogP contribution in [-0.2, 0) is 11.3 Å². The Morgan fingerprint density at radius 2 is 2.17 bits per heavy atom. The maximum absolute atomic E-state index is 13.9. The number of aromatic nitrogens is 1. The Morgan fingerprint density at radius 1 is 1.43 bits per heavy atom. The lowest BCUT2D eigenvalue weighted by Crippen LogP contribution is -2.30. The number of halogens is 1. The molecule has 0 saturated heterocycles. The fraction of sp³-hybridized carbons (Fsp3) is 0.294. The van der Waals surface area contributed by atoms with Crippen LogP contribution in [0.3, 0.4) is 0 Å². The number of aliphatic carboxylic acids is 1. The number of likely N-dealkylation sites (N-methyl/N-ethyl adjacent to an activating group) is 1. The highest BCUT2D eigenvalue weighted by Gasteiger charge is 2.26. The molecule has 0 aliphatic heterocycles. The number of methoxy groups -OCH3 is 1. The molecule has 1 aromatic heterocycles. The molecule has 1 atom stereocenters. The van der Waals surface area contributed by atoms with E-state index in [0.29, 0.717) is 12.1 Å². The van der Waals surface area contributed by atoms with Gasteiger partial charge in [-0.05, 0) is 48.9 Å². The van der Waals surface area contributed by atoms with Crippen molar-refractivity contribution in [1.82, 2.24) is 9.88 Å². The smallest absolute Gasteiger partial charge is 0.325 e. The predicted octanol–water partition coefficient (Wildman–Crippen LogP) is 2.80. The van der Waals surface area contributed by atoms with E-state index in [1.165, 1.54) is 19.2 Å². The minimum absolute atomic E-state index is 0.0884. The number of pyridine rings is 1. The molecular formula is C17H19FN2O3. The number of ether oxygens (including phenoxy) is 1. The fourth-order valence-electron chi connectivity index (χ4n) is 2.48. The first kappa shape index (κ1) is 16.9. The zero-order valence-corrected chi connectivity index (χ0v) is 13.3. The number of hydrogen-bond donors (Lipinski definition) is 1. The van der Waals surface area contributed by atoms with E-state index in [4.69, 9.17) is 4.74 Å². The van der Waals surface area contributed by atoms with Gasteiger partial charge < -0.3 is 9.84 Å². The number of nitrogens with zero attached hydrogens (tertiary/aromatic N) is 2. The van der Waals surface area contributed by atoms with Crippen LogP contribution in [0, 0.1) is 12.7 Å². The quantitative estimate of drug-likeness (QED) is 0.887. The molecule has 0 saturated carbocycles. The van der Waals surface area contributed by atoms with E-state index in [2.05, 4.69) is 4.98 Å². The van der Waals surface area contributed by atoms with Crippen LogP contribution >= 0.6 is 0 Å². The minimum Gasteiger partial charge on any atom is -0.494 e. The van der Waals surface area contributed by atoms with Crippen molar-refractivity contribution in [2.75, 3.05) is 14.2 Å². The average Bonchev–Trinajstić information content (AvgIpc) is 2.49. The van der Waals surface area contributed by atoms with E-state index >= 15 is 0 Å². The van der Waals surface area contributed by atoms with Gasteiger partial charge in [0.25, 0.3) is 0 Å². The third kappa shape index (κ3) is 3.84. The van der Waals surface area contributed by atoms with Gasteiger partial charge in [-0.3, -0.25) is 14.7 Å². The lowest BCUT2D eigenvalue weighted by atomic mass is 10.0. The summed E-state index contributed by atoms with van der Waals surface area (Å²) in [5.41, 5.74) is 2.32. The number of aryl methyl sites for hydroxylation is 1. The van der Waals surface area contributed by atoms with E-state index < -0.39 is 17.8 Å². The molecule has 5 nitrogen and oxygen atoms in total. The van der Waals surface area contributed by atoms with Gasteiger partial charge in [-0.15, -0.1) is 0 Å². The van der Waals surface area contributed by atoms with Gasteiger partial charge in [-0.2, -0.15) is 0 Å². The summed E-state index contributed by atoms with van der Waals surface area (Å²) in [5, 5.41) is 9.55. The Morgan fingerprint density at radius 3 is 2.74 bits per heavy atom. The van der Waals surface area contributed by atoms with E-state index in [9.17, 15) is 14.3 Å². The largest absolute Gasteiger partial charge is 0.494 e. The molecule has 1 N–H and O–H groups in total. The molecule has 23 heavy (non-hydrogen) atoms. The first-order valence-corrected chi connectivity index (χ1v) is 7.10. The van der Waals surface area contributed by atoms with Crippen molar-refractivity contribution < 1.29 is 19.0 Å². The minimum atomic E-state index is -1.04. The second kappa shape index (κ2) is 7.19. The molecule has 0 bridgehead atoms. The van der Waals surface area contributed by atoms with Crippen LogP contribution < -0.4 is 4.74 Å². The summed E-state index contributed by atoms with van der Waals surface area (Å²) < 4.78 is 18.8. The first-order chi connectivity index (χ1) is 10.9.